The molecule has 1 aromatic rings. The number of nitrogens with zero attached hydrogens (tertiary/aromatic N) is 2. The molecule has 2 rings (SSSR count). The van der Waals surface area contributed by atoms with Crippen LogP contribution in [0, 0.1) is 18.3 Å². The van der Waals surface area contributed by atoms with Crippen molar-refractivity contribution >= 4 is 29.7 Å². The highest BCUT2D eigenvalue weighted by atomic mass is 31.3. The minimum absolute atomic E-state index is 0.133. The summed E-state index contributed by atoms with van der Waals surface area (Å²) >= 11 is 0. The Balaban J connectivity index is 2.18. The Labute approximate surface area is 178 Å². The molecular formula is C12H16FN3O13P3+. The molecule has 2 heterocycles. The summed E-state index contributed by atoms with van der Waals surface area (Å²) in [5, 5.41) is 18.5. The summed E-state index contributed by atoms with van der Waals surface area (Å²) in [5.74, 6) is 0.669. The lowest BCUT2D eigenvalue weighted by Gasteiger charge is -2.26. The van der Waals surface area contributed by atoms with Crippen molar-refractivity contribution in [3.05, 3.63) is 22.7 Å². The third-order valence-corrected chi connectivity index (χ3v) is 7.54. The molecule has 0 aromatic carbocycles. The number of anilines is 1. The van der Waals surface area contributed by atoms with E-state index in [0.717, 1.165) is 10.8 Å². The van der Waals surface area contributed by atoms with Crippen molar-refractivity contribution in [1.29, 1.82) is 0 Å². The second-order valence-electron chi connectivity index (χ2n) is 6.07. The Kier molecular flexibility index (Phi) is 8.41. The highest BCUT2D eigenvalue weighted by Crippen LogP contribution is 2.63. The number of hydrogen-bond donors (Lipinski definition) is 5. The number of terminal acetylenes is 1. The van der Waals surface area contributed by atoms with Gasteiger partial charge >= 0.3 is 29.6 Å². The van der Waals surface area contributed by atoms with Crippen molar-refractivity contribution in [1.82, 2.24) is 9.55 Å². The van der Waals surface area contributed by atoms with E-state index in [1.807, 2.05) is 0 Å². The molecule has 16 nitrogen and oxygen atoms in total. The lowest BCUT2D eigenvalue weighted by molar-refractivity contribution is -0.157. The van der Waals surface area contributed by atoms with Gasteiger partial charge < -0.3 is 20.5 Å². The second kappa shape index (κ2) is 10.1. The van der Waals surface area contributed by atoms with E-state index < -0.39 is 66.7 Å². The van der Waals surface area contributed by atoms with Crippen LogP contribution in [-0.4, -0.2) is 54.7 Å². The molecule has 0 spiro atoms. The molecule has 0 bridgehead atoms. The average molecular weight is 522 g/mol. The first-order valence-corrected chi connectivity index (χ1v) is 12.1. The van der Waals surface area contributed by atoms with E-state index in [1.165, 1.54) is 6.07 Å². The summed E-state index contributed by atoms with van der Waals surface area (Å²) in [6.07, 6.45) is 3.18. The van der Waals surface area contributed by atoms with Crippen LogP contribution in [0.2, 0.25) is 0 Å². The van der Waals surface area contributed by atoms with Crippen molar-refractivity contribution in [3.63, 3.8) is 0 Å². The SMILES string of the molecule is C#C[C@@H]1[C@H](n2ccc(N)nc2=O)O[C@](CF)(CO[P+](=O)OP(=O)(O)OP(=O)(O)OO)[C@H]1O. The van der Waals surface area contributed by atoms with Gasteiger partial charge in [0.2, 0.25) is 0 Å². The van der Waals surface area contributed by atoms with Gasteiger partial charge in [0, 0.05) is 10.8 Å². The van der Waals surface area contributed by atoms with E-state index >= 15 is 0 Å². The van der Waals surface area contributed by atoms with Crippen LogP contribution in [-0.2, 0) is 36.3 Å². The number of nitrogens with two attached hydrogens (primary N) is 1. The van der Waals surface area contributed by atoms with Gasteiger partial charge in [0.25, 0.3) is 0 Å². The number of rotatable bonds is 10. The number of halogens is 1. The summed E-state index contributed by atoms with van der Waals surface area (Å²) in [7, 11) is -14.7. The lowest BCUT2D eigenvalue weighted by Crippen LogP contribution is -2.47. The maximum atomic E-state index is 13.9. The summed E-state index contributed by atoms with van der Waals surface area (Å²) in [4.78, 5) is 33.5. The fourth-order valence-electron chi connectivity index (χ4n) is 2.59. The molecule has 1 fully saturated rings. The number of nitrogen functional groups attached to an aromatic ring is 1. The number of aliphatic hydroxyl groups excluding tert-OH is 1. The Hall–Kier alpha value is -1.63. The first kappa shape index (κ1) is 26.6. The molecule has 1 saturated heterocycles. The monoisotopic (exact) mass is 522 g/mol. The molecule has 20 heteroatoms. The quantitative estimate of drug-likeness (QED) is 0.118. The van der Waals surface area contributed by atoms with Gasteiger partial charge in [-0.2, -0.15) is 9.29 Å². The van der Waals surface area contributed by atoms with Gasteiger partial charge in [-0.05, 0) is 10.4 Å². The molecular weight excluding hydrogens is 506 g/mol. The summed E-state index contributed by atoms with van der Waals surface area (Å²) in [6, 6.07) is 1.20. The number of aliphatic hydroxyl groups is 1. The third kappa shape index (κ3) is 6.03. The van der Waals surface area contributed by atoms with Crippen LogP contribution in [0.3, 0.4) is 0 Å². The molecule has 3 unspecified atom stereocenters. The van der Waals surface area contributed by atoms with Crippen LogP contribution in [0.25, 0.3) is 0 Å². The molecule has 0 amide bonds. The van der Waals surface area contributed by atoms with Gasteiger partial charge in [-0.25, -0.2) is 23.6 Å². The van der Waals surface area contributed by atoms with Gasteiger partial charge in [-0.3, -0.25) is 9.46 Å². The maximum absolute atomic E-state index is 13.9. The second-order valence-corrected chi connectivity index (χ2v) is 10.1. The smallest absolute Gasteiger partial charge is 0.388 e. The van der Waals surface area contributed by atoms with E-state index in [0.29, 0.717) is 0 Å². The maximum Gasteiger partial charge on any atom is 0.708 e. The number of aromatic nitrogens is 2. The van der Waals surface area contributed by atoms with E-state index in [4.69, 9.17) is 27.0 Å². The Bertz CT molecular complexity index is 1060. The van der Waals surface area contributed by atoms with Crippen molar-refractivity contribution in [2.75, 3.05) is 19.0 Å². The number of ether oxygens (including phenoxy) is 1. The van der Waals surface area contributed by atoms with Gasteiger partial charge in [-0.1, -0.05) is 5.92 Å². The molecule has 0 saturated carbocycles. The molecule has 32 heavy (non-hydrogen) atoms. The molecule has 1 aliphatic heterocycles. The van der Waals surface area contributed by atoms with Gasteiger partial charge in [0.1, 0.15) is 25.2 Å². The van der Waals surface area contributed by atoms with Crippen LogP contribution in [0.15, 0.2) is 17.1 Å². The van der Waals surface area contributed by atoms with Crippen molar-refractivity contribution in [2.45, 2.75) is 17.9 Å². The standard InChI is InChI=1S/C12H15FN3O13P3/c1-2-7-9(17)12(5-13,26-10(7)16-4-3-8(14)15-11(16)18)6-25-30(20)28-32(23,24)29-31(21,22)27-19/h1,3-4,7,9-10,17H,5-6H2,(H4-,14,15,18,19,21,22,23,24)/p+1/t7-,9-,10+,12+/m0/s1. The normalized spacial score (nSPS) is 29.6. The minimum atomic E-state index is -5.58. The van der Waals surface area contributed by atoms with Gasteiger partial charge in [0.15, 0.2) is 11.8 Å². The first-order valence-electron chi connectivity index (χ1n) is 8.02. The van der Waals surface area contributed by atoms with Gasteiger partial charge in [0.05, 0.1) is 5.92 Å². The molecule has 1 aliphatic rings. The number of hydrogen-bond acceptors (Lipinski definition) is 13. The Morgan fingerprint density at radius 1 is 1.44 bits per heavy atom. The Morgan fingerprint density at radius 3 is 2.62 bits per heavy atom. The molecule has 178 valence electrons. The van der Waals surface area contributed by atoms with Crippen LogP contribution >= 0.6 is 23.9 Å². The number of phosphoric acid groups is 2. The van der Waals surface area contributed by atoms with Crippen molar-refractivity contribution < 1.29 is 60.8 Å². The minimum Gasteiger partial charge on any atom is -0.388 e. The fraction of sp³-hybridized carbons (Fsp3) is 0.500. The average Bonchev–Trinajstić information content (AvgIpc) is 2.97. The first-order chi connectivity index (χ1) is 14.8. The van der Waals surface area contributed by atoms with Crippen molar-refractivity contribution in [3.8, 4) is 12.3 Å². The topological polar surface area (TPSA) is 239 Å². The zero-order valence-corrected chi connectivity index (χ0v) is 18.2. The molecule has 6 N–H and O–H groups in total. The molecule has 7 atom stereocenters. The highest BCUT2D eigenvalue weighted by molar-refractivity contribution is 7.64. The van der Waals surface area contributed by atoms with E-state index in [9.17, 15) is 32.9 Å². The zero-order chi connectivity index (χ0) is 24.3. The van der Waals surface area contributed by atoms with Gasteiger partial charge in [-0.15, -0.1) is 15.6 Å². The van der Waals surface area contributed by atoms with E-state index in [1.54, 1.807) is 0 Å². The predicted octanol–water partition coefficient (Wildman–Crippen LogP) is 0.0705. The van der Waals surface area contributed by atoms with Crippen molar-refractivity contribution in [2.24, 2.45) is 5.92 Å². The zero-order valence-electron chi connectivity index (χ0n) is 15.5. The summed E-state index contributed by atoms with van der Waals surface area (Å²) in [6.45, 7) is -2.60. The third-order valence-electron chi connectivity index (χ3n) is 3.98. The molecule has 0 aliphatic carbocycles. The largest absolute Gasteiger partial charge is 0.708 e. The van der Waals surface area contributed by atoms with E-state index in [2.05, 4.69) is 28.7 Å². The Morgan fingerprint density at radius 2 is 2.09 bits per heavy atom. The van der Waals surface area contributed by atoms with Crippen LogP contribution in [0.1, 0.15) is 6.23 Å². The lowest BCUT2D eigenvalue weighted by atomic mass is 9.91. The predicted molar refractivity (Wildman–Crippen MR) is 99.2 cm³/mol. The summed E-state index contributed by atoms with van der Waals surface area (Å²) < 4.78 is 69.3. The molecule has 1 aromatic heterocycles. The number of alkyl halides is 1. The van der Waals surface area contributed by atoms with Crippen LogP contribution in [0.4, 0.5) is 10.2 Å². The van der Waals surface area contributed by atoms with Crippen LogP contribution in [0.5, 0.6) is 0 Å². The highest BCUT2D eigenvalue weighted by Gasteiger charge is 2.57. The molecule has 0 radical (unpaired) electrons. The van der Waals surface area contributed by atoms with E-state index in [-0.39, 0.29) is 5.82 Å². The summed E-state index contributed by atoms with van der Waals surface area (Å²) in [5.41, 5.74) is 2.13. The fourth-order valence-corrected chi connectivity index (χ4v) is 5.32. The van der Waals surface area contributed by atoms with Crippen LogP contribution < -0.4 is 11.4 Å².